The van der Waals surface area contributed by atoms with Crippen molar-refractivity contribution in [1.29, 1.82) is 0 Å². The summed E-state index contributed by atoms with van der Waals surface area (Å²) in [5, 5.41) is 28.4. The summed E-state index contributed by atoms with van der Waals surface area (Å²) < 4.78 is 0. The van der Waals surface area contributed by atoms with Gasteiger partial charge < -0.3 is 31.5 Å². The lowest BCUT2D eigenvalue weighted by molar-refractivity contribution is -0.143. The van der Waals surface area contributed by atoms with Crippen LogP contribution in [-0.4, -0.2) is 83.2 Å². The predicted octanol–water partition coefficient (Wildman–Crippen LogP) is -1.96. The SMILES string of the molecule is CSCCC(NC(=O)C(C)NC(=O)C1CCCN1)C(=O)NC(CO)C(=O)O. The van der Waals surface area contributed by atoms with E-state index in [1.807, 2.05) is 6.26 Å². The minimum atomic E-state index is -1.45. The van der Waals surface area contributed by atoms with E-state index in [0.29, 0.717) is 12.2 Å². The number of thioether (sulfide) groups is 1. The topological polar surface area (TPSA) is 157 Å². The van der Waals surface area contributed by atoms with Gasteiger partial charge >= 0.3 is 5.97 Å². The van der Waals surface area contributed by atoms with Crippen LogP contribution < -0.4 is 21.3 Å². The molecule has 1 rings (SSSR count). The second kappa shape index (κ2) is 11.8. The van der Waals surface area contributed by atoms with E-state index in [2.05, 4.69) is 21.3 Å². The van der Waals surface area contributed by atoms with Crippen LogP contribution in [0.3, 0.4) is 0 Å². The van der Waals surface area contributed by atoms with Gasteiger partial charge in [0.2, 0.25) is 17.7 Å². The summed E-state index contributed by atoms with van der Waals surface area (Å²) in [5.41, 5.74) is 0. The van der Waals surface area contributed by atoms with Crippen LogP contribution in [0.1, 0.15) is 26.2 Å². The Labute approximate surface area is 162 Å². The maximum absolute atomic E-state index is 12.4. The summed E-state index contributed by atoms with van der Waals surface area (Å²) in [6, 6.07) is -3.59. The third kappa shape index (κ3) is 7.73. The van der Waals surface area contributed by atoms with Crippen LogP contribution in [0.15, 0.2) is 0 Å². The first-order chi connectivity index (χ1) is 12.8. The molecular formula is C16H28N4O6S. The zero-order valence-electron chi connectivity index (χ0n) is 15.5. The molecule has 0 bridgehead atoms. The highest BCUT2D eigenvalue weighted by molar-refractivity contribution is 7.98. The lowest BCUT2D eigenvalue weighted by Gasteiger charge is -2.23. The summed E-state index contributed by atoms with van der Waals surface area (Å²) in [6.07, 6.45) is 3.71. The zero-order valence-corrected chi connectivity index (χ0v) is 16.3. The summed E-state index contributed by atoms with van der Waals surface area (Å²) in [7, 11) is 0. The number of hydrogen-bond acceptors (Lipinski definition) is 7. The van der Waals surface area contributed by atoms with E-state index in [1.54, 1.807) is 0 Å². The van der Waals surface area contributed by atoms with Crippen molar-refractivity contribution in [2.75, 3.05) is 25.2 Å². The number of aliphatic hydroxyl groups is 1. The predicted molar refractivity (Wildman–Crippen MR) is 100 cm³/mol. The van der Waals surface area contributed by atoms with Crippen molar-refractivity contribution in [3.63, 3.8) is 0 Å². The molecule has 0 aliphatic carbocycles. The van der Waals surface area contributed by atoms with Gasteiger partial charge in [0.1, 0.15) is 18.1 Å². The number of nitrogens with one attached hydrogen (secondary N) is 4. The molecular weight excluding hydrogens is 376 g/mol. The fourth-order valence-electron chi connectivity index (χ4n) is 2.55. The maximum Gasteiger partial charge on any atom is 0.328 e. The van der Waals surface area contributed by atoms with Gasteiger partial charge in [-0.05, 0) is 44.7 Å². The Bertz CT molecular complexity index is 541. The largest absolute Gasteiger partial charge is 0.480 e. The molecule has 3 amide bonds. The molecule has 1 aliphatic rings. The molecule has 1 aliphatic heterocycles. The van der Waals surface area contributed by atoms with Crippen LogP contribution in [0.4, 0.5) is 0 Å². The molecule has 0 aromatic carbocycles. The van der Waals surface area contributed by atoms with Gasteiger partial charge in [0, 0.05) is 0 Å². The summed E-state index contributed by atoms with van der Waals surface area (Å²) in [4.78, 5) is 47.7. The molecule has 27 heavy (non-hydrogen) atoms. The number of aliphatic carboxylic acids is 1. The van der Waals surface area contributed by atoms with Crippen LogP contribution in [0.2, 0.25) is 0 Å². The molecule has 4 atom stereocenters. The molecule has 1 heterocycles. The highest BCUT2D eigenvalue weighted by Crippen LogP contribution is 2.06. The lowest BCUT2D eigenvalue weighted by Crippen LogP contribution is -2.56. The van der Waals surface area contributed by atoms with Crippen molar-refractivity contribution in [2.45, 2.75) is 50.4 Å². The number of carboxylic acid groups (broad SMARTS) is 1. The van der Waals surface area contributed by atoms with Gasteiger partial charge in [-0.3, -0.25) is 14.4 Å². The van der Waals surface area contributed by atoms with Crippen LogP contribution in [-0.2, 0) is 19.2 Å². The van der Waals surface area contributed by atoms with Gasteiger partial charge in [0.15, 0.2) is 0 Å². The van der Waals surface area contributed by atoms with Crippen molar-refractivity contribution in [3.05, 3.63) is 0 Å². The average molecular weight is 404 g/mol. The van der Waals surface area contributed by atoms with Gasteiger partial charge in [0.05, 0.1) is 12.6 Å². The van der Waals surface area contributed by atoms with Crippen LogP contribution in [0.5, 0.6) is 0 Å². The van der Waals surface area contributed by atoms with Gasteiger partial charge in [-0.1, -0.05) is 0 Å². The second-order valence-corrected chi connectivity index (χ2v) is 7.29. The Balaban J connectivity index is 2.64. The van der Waals surface area contributed by atoms with Gasteiger partial charge in [-0.15, -0.1) is 0 Å². The zero-order chi connectivity index (χ0) is 20.4. The lowest BCUT2D eigenvalue weighted by atomic mass is 10.1. The second-order valence-electron chi connectivity index (χ2n) is 6.30. The van der Waals surface area contributed by atoms with E-state index < -0.39 is 42.5 Å². The Morgan fingerprint density at radius 3 is 2.33 bits per heavy atom. The summed E-state index contributed by atoms with van der Waals surface area (Å²) in [6.45, 7) is 1.51. The molecule has 1 saturated heterocycles. The van der Waals surface area contributed by atoms with Gasteiger partial charge in [0.25, 0.3) is 0 Å². The maximum atomic E-state index is 12.4. The Morgan fingerprint density at radius 1 is 1.15 bits per heavy atom. The van der Waals surface area contributed by atoms with E-state index in [1.165, 1.54) is 18.7 Å². The van der Waals surface area contributed by atoms with Crippen molar-refractivity contribution in [1.82, 2.24) is 21.3 Å². The highest BCUT2D eigenvalue weighted by atomic mass is 32.2. The van der Waals surface area contributed by atoms with Crippen molar-refractivity contribution >= 4 is 35.5 Å². The van der Waals surface area contributed by atoms with Crippen LogP contribution in [0.25, 0.3) is 0 Å². The standard InChI is InChI=1S/C16H28N4O6S/c1-9(18-14(23)10-4-3-6-17-10)13(22)19-11(5-7-27-2)15(24)20-12(8-21)16(25)26/h9-12,17,21H,3-8H2,1-2H3,(H,18,23)(H,19,22)(H,20,24)(H,25,26). The van der Waals surface area contributed by atoms with Gasteiger partial charge in [-0.25, -0.2) is 4.79 Å². The third-order valence-electron chi connectivity index (χ3n) is 4.17. The van der Waals surface area contributed by atoms with E-state index in [-0.39, 0.29) is 18.4 Å². The molecule has 0 aromatic heterocycles. The Hall–Kier alpha value is -1.85. The van der Waals surface area contributed by atoms with E-state index in [9.17, 15) is 19.2 Å². The molecule has 6 N–H and O–H groups in total. The average Bonchev–Trinajstić information content (AvgIpc) is 3.17. The Kier molecular flexibility index (Phi) is 10.1. The minimum absolute atomic E-state index is 0.272. The molecule has 4 unspecified atom stereocenters. The molecule has 0 spiro atoms. The number of carboxylic acids is 1. The Morgan fingerprint density at radius 2 is 1.81 bits per heavy atom. The van der Waals surface area contributed by atoms with E-state index in [0.717, 1.165) is 13.0 Å². The van der Waals surface area contributed by atoms with E-state index >= 15 is 0 Å². The van der Waals surface area contributed by atoms with Crippen LogP contribution in [0, 0.1) is 0 Å². The fourth-order valence-corrected chi connectivity index (χ4v) is 3.02. The molecule has 154 valence electrons. The van der Waals surface area contributed by atoms with Gasteiger partial charge in [-0.2, -0.15) is 11.8 Å². The summed E-state index contributed by atoms with van der Waals surface area (Å²) in [5.74, 6) is -2.33. The molecule has 1 fully saturated rings. The first kappa shape index (κ1) is 23.2. The smallest absolute Gasteiger partial charge is 0.328 e. The first-order valence-corrected chi connectivity index (χ1v) is 10.2. The minimum Gasteiger partial charge on any atom is -0.480 e. The number of carbonyl (C=O) groups is 4. The molecule has 0 aromatic rings. The van der Waals surface area contributed by atoms with Crippen molar-refractivity contribution < 1.29 is 29.4 Å². The number of amides is 3. The van der Waals surface area contributed by atoms with Crippen molar-refractivity contribution in [2.24, 2.45) is 0 Å². The number of aliphatic hydroxyl groups excluding tert-OH is 1. The fraction of sp³-hybridized carbons (Fsp3) is 0.750. The highest BCUT2D eigenvalue weighted by Gasteiger charge is 2.29. The number of rotatable bonds is 11. The van der Waals surface area contributed by atoms with E-state index in [4.69, 9.17) is 10.2 Å². The number of hydrogen-bond donors (Lipinski definition) is 6. The molecule has 0 radical (unpaired) electrons. The number of carbonyl (C=O) groups excluding carboxylic acids is 3. The van der Waals surface area contributed by atoms with Crippen LogP contribution >= 0.6 is 11.8 Å². The monoisotopic (exact) mass is 404 g/mol. The quantitative estimate of drug-likeness (QED) is 0.232. The molecule has 0 saturated carbocycles. The summed E-state index contributed by atoms with van der Waals surface area (Å²) >= 11 is 1.47. The third-order valence-corrected chi connectivity index (χ3v) is 4.81. The normalized spacial score (nSPS) is 19.6. The molecule has 10 nitrogen and oxygen atoms in total. The van der Waals surface area contributed by atoms with Crippen molar-refractivity contribution in [3.8, 4) is 0 Å². The first-order valence-electron chi connectivity index (χ1n) is 8.77. The molecule has 11 heteroatoms.